The molecular weight excluding hydrogens is 374 g/mol. The predicted molar refractivity (Wildman–Crippen MR) is 98.4 cm³/mol. The first kappa shape index (κ1) is 18.9. The van der Waals surface area contributed by atoms with Gasteiger partial charge in [0, 0.05) is 17.3 Å². The van der Waals surface area contributed by atoms with E-state index in [1.165, 1.54) is 23.2 Å². The summed E-state index contributed by atoms with van der Waals surface area (Å²) >= 11 is 5.05. The Morgan fingerprint density at radius 1 is 1.41 bits per heavy atom. The number of hydrogen-bond donors (Lipinski definition) is 2. The first-order chi connectivity index (χ1) is 12.5. The third kappa shape index (κ3) is 3.04. The van der Waals surface area contributed by atoms with E-state index in [4.69, 9.17) is 12.2 Å². The summed E-state index contributed by atoms with van der Waals surface area (Å²) in [5, 5.41) is 18.5. The van der Waals surface area contributed by atoms with Gasteiger partial charge < -0.3 is 5.32 Å². The van der Waals surface area contributed by atoms with Crippen molar-refractivity contribution < 1.29 is 19.3 Å². The van der Waals surface area contributed by atoms with Gasteiger partial charge in [-0.25, -0.2) is 5.01 Å². The first-order valence-electron chi connectivity index (χ1n) is 8.07. The highest BCUT2D eigenvalue weighted by molar-refractivity contribution is 7.80. The molecule has 11 heteroatoms. The van der Waals surface area contributed by atoms with E-state index in [2.05, 4.69) is 10.6 Å². The molecule has 2 heterocycles. The van der Waals surface area contributed by atoms with Crippen LogP contribution in [0.25, 0.3) is 0 Å². The highest BCUT2D eigenvalue weighted by Crippen LogP contribution is 2.33. The third-order valence-corrected chi connectivity index (χ3v) is 4.91. The summed E-state index contributed by atoms with van der Waals surface area (Å²) in [6.45, 7) is 4.74. The fourth-order valence-corrected chi connectivity index (χ4v) is 3.45. The average Bonchev–Trinajstić information content (AvgIpc) is 2.93. The predicted octanol–water partition coefficient (Wildman–Crippen LogP) is 0.853. The molecule has 0 bridgehead atoms. The zero-order valence-electron chi connectivity index (χ0n) is 14.8. The van der Waals surface area contributed by atoms with E-state index in [-0.39, 0.29) is 22.9 Å². The average molecular weight is 391 g/mol. The van der Waals surface area contributed by atoms with Crippen molar-refractivity contribution in [1.29, 1.82) is 0 Å². The number of aryl methyl sites for hydroxylation is 1. The van der Waals surface area contributed by atoms with Gasteiger partial charge in [-0.1, -0.05) is 6.07 Å². The summed E-state index contributed by atoms with van der Waals surface area (Å²) in [4.78, 5) is 48.0. The van der Waals surface area contributed by atoms with Crippen LogP contribution < -0.4 is 10.6 Å². The molecule has 2 fully saturated rings. The molecular formula is C16H17N5O5S. The molecule has 1 aromatic rings. The molecule has 0 aromatic heterocycles. The molecule has 2 aliphatic rings. The van der Waals surface area contributed by atoms with E-state index in [0.29, 0.717) is 5.56 Å². The van der Waals surface area contributed by atoms with E-state index in [0.717, 1.165) is 5.01 Å². The number of rotatable bonds is 3. The highest BCUT2D eigenvalue weighted by Gasteiger charge is 2.56. The second kappa shape index (κ2) is 6.35. The van der Waals surface area contributed by atoms with E-state index in [9.17, 15) is 24.5 Å². The number of hydrogen-bond acceptors (Lipinski definition) is 7. The number of amides is 3. The molecule has 0 aliphatic carbocycles. The number of anilines is 1. The van der Waals surface area contributed by atoms with E-state index < -0.39 is 34.2 Å². The molecule has 27 heavy (non-hydrogen) atoms. The minimum absolute atomic E-state index is 0.0781. The van der Waals surface area contributed by atoms with Gasteiger partial charge in [0.05, 0.1) is 11.3 Å². The van der Waals surface area contributed by atoms with Gasteiger partial charge in [-0.15, -0.1) is 0 Å². The van der Waals surface area contributed by atoms with Crippen LogP contribution in [0.2, 0.25) is 0 Å². The zero-order valence-corrected chi connectivity index (χ0v) is 15.6. The van der Waals surface area contributed by atoms with Crippen molar-refractivity contribution in [1.82, 2.24) is 15.3 Å². The summed E-state index contributed by atoms with van der Waals surface area (Å²) < 4.78 is 0. The molecule has 0 saturated carbocycles. The number of benzene rings is 1. The van der Waals surface area contributed by atoms with Crippen LogP contribution in [0.4, 0.5) is 11.4 Å². The second-order valence-electron chi connectivity index (χ2n) is 6.84. The monoisotopic (exact) mass is 391 g/mol. The number of nitrogens with zero attached hydrogens (tertiary/aromatic N) is 3. The van der Waals surface area contributed by atoms with Crippen LogP contribution >= 0.6 is 12.2 Å². The Morgan fingerprint density at radius 3 is 2.70 bits per heavy atom. The number of carbonyl (C=O) groups excluding carboxylic acids is 3. The Kier molecular flexibility index (Phi) is 4.44. The number of nitro benzene ring substituents is 1. The first-order valence-corrected chi connectivity index (χ1v) is 8.48. The van der Waals surface area contributed by atoms with Crippen molar-refractivity contribution in [3.8, 4) is 0 Å². The topological polar surface area (TPSA) is 125 Å². The van der Waals surface area contributed by atoms with Gasteiger partial charge in [0.2, 0.25) is 17.7 Å². The number of carbonyl (C=O) groups is 3. The summed E-state index contributed by atoms with van der Waals surface area (Å²) in [5.74, 6) is -1.40. The number of nitro groups is 1. The fraction of sp³-hybridized carbons (Fsp3) is 0.375. The maximum Gasteiger partial charge on any atom is 0.274 e. The minimum atomic E-state index is -1.18. The van der Waals surface area contributed by atoms with Gasteiger partial charge in [-0.2, -0.15) is 5.01 Å². The van der Waals surface area contributed by atoms with Crippen molar-refractivity contribution in [2.24, 2.45) is 0 Å². The third-order valence-electron chi connectivity index (χ3n) is 4.63. The van der Waals surface area contributed by atoms with Gasteiger partial charge in [0.25, 0.3) is 5.69 Å². The van der Waals surface area contributed by atoms with Crippen molar-refractivity contribution >= 4 is 46.4 Å². The lowest BCUT2D eigenvalue weighted by molar-refractivity contribution is -0.385. The molecule has 142 valence electrons. The zero-order chi connectivity index (χ0) is 20.1. The standard InChI is InChI=1S/C16H17N5O5S/c1-8-4-5-9(6-10(8)21(25)26)17-13(23)11-7-12(22)19-15(27)18-14(24)16(2,3)20(11)19/h4-6,11H,7H2,1-3H3,(H,17,23)(H,18,24,27)/t11-/m0/s1. The summed E-state index contributed by atoms with van der Waals surface area (Å²) in [6.07, 6.45) is -0.168. The SMILES string of the molecule is Cc1ccc(NC(=O)[C@@H]2CC(=O)N3C(=S)NC(=O)C(C)(C)N23)cc1[N+](=O)[O-]. The lowest BCUT2D eigenvalue weighted by Crippen LogP contribution is -2.71. The van der Waals surface area contributed by atoms with Gasteiger partial charge >= 0.3 is 0 Å². The molecule has 0 radical (unpaired) electrons. The number of fused-ring (bicyclic) bond motifs is 1. The molecule has 1 aromatic carbocycles. The fourth-order valence-electron chi connectivity index (χ4n) is 3.17. The Balaban J connectivity index is 1.90. The van der Waals surface area contributed by atoms with Crippen LogP contribution in [-0.4, -0.2) is 49.4 Å². The molecule has 1 atom stereocenters. The Morgan fingerprint density at radius 2 is 2.07 bits per heavy atom. The largest absolute Gasteiger partial charge is 0.324 e. The normalized spacial score (nSPS) is 21.7. The lowest BCUT2D eigenvalue weighted by atomic mass is 10.00. The Bertz CT molecular complexity index is 899. The quantitative estimate of drug-likeness (QED) is 0.445. The van der Waals surface area contributed by atoms with E-state index in [1.807, 2.05) is 0 Å². The van der Waals surface area contributed by atoms with Crippen LogP contribution in [0, 0.1) is 17.0 Å². The van der Waals surface area contributed by atoms with Gasteiger partial charge in [-0.05, 0) is 39.1 Å². The van der Waals surface area contributed by atoms with Crippen molar-refractivity contribution in [3.63, 3.8) is 0 Å². The molecule has 3 rings (SSSR count). The van der Waals surface area contributed by atoms with Crippen LogP contribution in [-0.2, 0) is 14.4 Å². The van der Waals surface area contributed by atoms with Crippen LogP contribution in [0.5, 0.6) is 0 Å². The maximum atomic E-state index is 12.8. The molecule has 3 amide bonds. The lowest BCUT2D eigenvalue weighted by Gasteiger charge is -2.45. The molecule has 2 aliphatic heterocycles. The highest BCUT2D eigenvalue weighted by atomic mass is 32.1. The van der Waals surface area contributed by atoms with Crippen LogP contribution in [0.3, 0.4) is 0 Å². The maximum absolute atomic E-state index is 12.8. The molecule has 2 saturated heterocycles. The summed E-state index contributed by atoms with van der Waals surface area (Å²) in [5.41, 5.74) is -0.629. The Hall–Kier alpha value is -2.92. The number of hydrazine groups is 1. The van der Waals surface area contributed by atoms with Gasteiger partial charge in [0.1, 0.15) is 11.6 Å². The summed E-state index contributed by atoms with van der Waals surface area (Å²) in [7, 11) is 0. The van der Waals surface area contributed by atoms with Crippen LogP contribution in [0.1, 0.15) is 25.8 Å². The molecule has 2 N–H and O–H groups in total. The van der Waals surface area contributed by atoms with E-state index >= 15 is 0 Å². The molecule has 10 nitrogen and oxygen atoms in total. The summed E-state index contributed by atoms with van der Waals surface area (Å²) in [6, 6.07) is 3.33. The van der Waals surface area contributed by atoms with Gasteiger partial charge in [-0.3, -0.25) is 29.8 Å². The van der Waals surface area contributed by atoms with Gasteiger partial charge in [0.15, 0.2) is 5.11 Å². The van der Waals surface area contributed by atoms with Crippen molar-refractivity contribution in [2.45, 2.75) is 38.8 Å². The molecule has 0 unspecified atom stereocenters. The second-order valence-corrected chi connectivity index (χ2v) is 7.22. The Labute approximate surface area is 159 Å². The number of thiocarbonyl (C=S) groups is 1. The van der Waals surface area contributed by atoms with Crippen LogP contribution in [0.15, 0.2) is 18.2 Å². The smallest absolute Gasteiger partial charge is 0.274 e. The van der Waals surface area contributed by atoms with Crippen molar-refractivity contribution in [3.05, 3.63) is 33.9 Å². The minimum Gasteiger partial charge on any atom is -0.324 e. The number of nitrogens with one attached hydrogen (secondary N) is 2. The van der Waals surface area contributed by atoms with E-state index in [1.54, 1.807) is 20.8 Å². The van der Waals surface area contributed by atoms with Crippen molar-refractivity contribution in [2.75, 3.05) is 5.32 Å². The molecule has 0 spiro atoms.